The van der Waals surface area contributed by atoms with Crippen LogP contribution < -0.4 is 14.8 Å². The van der Waals surface area contributed by atoms with Crippen LogP contribution in [0.15, 0.2) is 36.4 Å². The van der Waals surface area contributed by atoms with Gasteiger partial charge in [0.2, 0.25) is 0 Å². The number of methoxy groups -OCH3 is 2. The number of hydrogen-bond acceptors (Lipinski definition) is 3. The number of halogens is 2. The topological polar surface area (TPSA) is 30.5 Å². The van der Waals surface area contributed by atoms with Crippen molar-refractivity contribution in [3.05, 3.63) is 56.9 Å². The number of ether oxygens (including phenoxy) is 2. The lowest BCUT2D eigenvalue weighted by Crippen LogP contribution is -2.19. The Bertz CT molecular complexity index is 634. The molecule has 0 aromatic heterocycles. The number of benzene rings is 2. The lowest BCUT2D eigenvalue weighted by molar-refractivity contribution is 0.388. The van der Waals surface area contributed by atoms with Gasteiger partial charge in [-0.2, -0.15) is 0 Å². The molecule has 1 unspecified atom stereocenters. The Hall–Kier alpha value is -1.34. The van der Waals surface area contributed by atoms with E-state index in [4.69, 9.17) is 9.47 Å². The molecular weight excluding hydrogens is 384 g/mol. The third-order valence-electron chi connectivity index (χ3n) is 3.31. The monoisotopic (exact) mass is 401 g/mol. The Morgan fingerprint density at radius 3 is 2.33 bits per heavy atom. The van der Waals surface area contributed by atoms with Crippen LogP contribution in [0.2, 0.25) is 0 Å². The van der Waals surface area contributed by atoms with Crippen molar-refractivity contribution in [2.45, 2.75) is 6.04 Å². The summed E-state index contributed by atoms with van der Waals surface area (Å²) in [5, 5.41) is 3.26. The molecule has 0 radical (unpaired) electrons. The Morgan fingerprint density at radius 1 is 1.05 bits per heavy atom. The van der Waals surface area contributed by atoms with Gasteiger partial charge in [0, 0.05) is 15.2 Å². The minimum Gasteiger partial charge on any atom is -0.497 e. The quantitative estimate of drug-likeness (QED) is 0.775. The Morgan fingerprint density at radius 2 is 1.76 bits per heavy atom. The van der Waals surface area contributed by atoms with E-state index in [0.717, 1.165) is 26.2 Å². The van der Waals surface area contributed by atoms with E-state index in [0.29, 0.717) is 0 Å². The average molecular weight is 401 g/mol. The standard InChI is InChI=1S/C16H17FINO2/c1-19-16(12-6-4-10(17)8-14(12)18)13-7-5-11(20-2)9-15(13)21-3/h4-9,16,19H,1-3H3. The summed E-state index contributed by atoms with van der Waals surface area (Å²) in [6.45, 7) is 0. The van der Waals surface area contributed by atoms with Gasteiger partial charge in [-0.25, -0.2) is 4.39 Å². The van der Waals surface area contributed by atoms with Gasteiger partial charge in [-0.05, 0) is 59.5 Å². The minimum absolute atomic E-state index is 0.0849. The smallest absolute Gasteiger partial charge is 0.127 e. The first-order chi connectivity index (χ1) is 10.1. The summed E-state index contributed by atoms with van der Waals surface area (Å²) in [4.78, 5) is 0. The van der Waals surface area contributed by atoms with Crippen LogP contribution in [0.1, 0.15) is 17.2 Å². The molecule has 112 valence electrons. The predicted molar refractivity (Wildman–Crippen MR) is 89.6 cm³/mol. The number of hydrogen-bond donors (Lipinski definition) is 1. The van der Waals surface area contributed by atoms with Gasteiger partial charge >= 0.3 is 0 Å². The summed E-state index contributed by atoms with van der Waals surface area (Å²) in [6.07, 6.45) is 0. The zero-order valence-corrected chi connectivity index (χ0v) is 14.3. The van der Waals surface area contributed by atoms with E-state index in [9.17, 15) is 4.39 Å². The normalized spacial score (nSPS) is 12.0. The summed E-state index contributed by atoms with van der Waals surface area (Å²) in [5.74, 6) is 1.23. The fourth-order valence-corrected chi connectivity index (χ4v) is 3.06. The minimum atomic E-state index is -0.236. The van der Waals surface area contributed by atoms with E-state index in [1.54, 1.807) is 20.3 Å². The highest BCUT2D eigenvalue weighted by Gasteiger charge is 2.19. The lowest BCUT2D eigenvalue weighted by Gasteiger charge is -2.21. The molecule has 0 aliphatic rings. The summed E-state index contributed by atoms with van der Waals surface area (Å²) in [5.41, 5.74) is 1.98. The molecule has 1 N–H and O–H groups in total. The maximum absolute atomic E-state index is 13.3. The van der Waals surface area contributed by atoms with Gasteiger partial charge < -0.3 is 14.8 Å². The fraction of sp³-hybridized carbons (Fsp3) is 0.250. The second kappa shape index (κ2) is 7.09. The Labute approximate surface area is 137 Å². The first-order valence-electron chi connectivity index (χ1n) is 6.44. The maximum Gasteiger partial charge on any atom is 0.127 e. The Balaban J connectivity index is 2.50. The molecule has 0 bridgehead atoms. The van der Waals surface area contributed by atoms with E-state index in [1.807, 2.05) is 25.2 Å². The third kappa shape index (κ3) is 3.47. The van der Waals surface area contributed by atoms with E-state index in [2.05, 4.69) is 27.9 Å². The van der Waals surface area contributed by atoms with E-state index in [-0.39, 0.29) is 11.9 Å². The lowest BCUT2D eigenvalue weighted by atomic mass is 9.97. The molecule has 0 aliphatic carbocycles. The summed E-state index contributed by atoms with van der Waals surface area (Å²) in [7, 11) is 5.11. The molecule has 1 atom stereocenters. The second-order valence-corrected chi connectivity index (χ2v) is 5.66. The van der Waals surface area contributed by atoms with Gasteiger partial charge in [-0.15, -0.1) is 0 Å². The molecule has 3 nitrogen and oxygen atoms in total. The molecule has 2 aromatic carbocycles. The molecule has 0 saturated carbocycles. The fourth-order valence-electron chi connectivity index (χ4n) is 2.27. The SMILES string of the molecule is CNC(c1ccc(F)cc1I)c1ccc(OC)cc1OC. The van der Waals surface area contributed by atoms with Crippen molar-refractivity contribution in [2.24, 2.45) is 0 Å². The molecule has 0 spiro atoms. The van der Waals surface area contributed by atoms with Crippen LogP contribution in [0.4, 0.5) is 4.39 Å². The second-order valence-electron chi connectivity index (χ2n) is 4.50. The van der Waals surface area contributed by atoms with Crippen molar-refractivity contribution in [3.8, 4) is 11.5 Å². The predicted octanol–water partition coefficient (Wildman–Crippen LogP) is 3.76. The highest BCUT2D eigenvalue weighted by molar-refractivity contribution is 14.1. The summed E-state index contributed by atoms with van der Waals surface area (Å²) < 4.78 is 24.8. The van der Waals surface area contributed by atoms with Crippen molar-refractivity contribution in [1.82, 2.24) is 5.32 Å². The van der Waals surface area contributed by atoms with Crippen LogP contribution >= 0.6 is 22.6 Å². The van der Waals surface area contributed by atoms with Gasteiger partial charge in [0.05, 0.1) is 20.3 Å². The number of nitrogens with one attached hydrogen (secondary N) is 1. The van der Waals surface area contributed by atoms with Crippen molar-refractivity contribution in [2.75, 3.05) is 21.3 Å². The van der Waals surface area contributed by atoms with Crippen LogP contribution in [0.5, 0.6) is 11.5 Å². The zero-order valence-electron chi connectivity index (χ0n) is 12.1. The molecule has 0 saturated heterocycles. The van der Waals surface area contributed by atoms with Gasteiger partial charge in [0.15, 0.2) is 0 Å². The summed E-state index contributed by atoms with van der Waals surface area (Å²) >= 11 is 2.14. The molecule has 5 heteroatoms. The van der Waals surface area contributed by atoms with E-state index in [1.165, 1.54) is 12.1 Å². The largest absolute Gasteiger partial charge is 0.497 e. The highest BCUT2D eigenvalue weighted by Crippen LogP contribution is 2.34. The van der Waals surface area contributed by atoms with Crippen LogP contribution in [-0.4, -0.2) is 21.3 Å². The zero-order chi connectivity index (χ0) is 15.4. The van der Waals surface area contributed by atoms with Gasteiger partial charge in [-0.3, -0.25) is 0 Å². The average Bonchev–Trinajstić information content (AvgIpc) is 2.50. The van der Waals surface area contributed by atoms with Crippen LogP contribution in [0, 0.1) is 9.39 Å². The van der Waals surface area contributed by atoms with E-state index < -0.39 is 0 Å². The third-order valence-corrected chi connectivity index (χ3v) is 4.25. The molecule has 0 fully saturated rings. The molecule has 0 aliphatic heterocycles. The van der Waals surface area contributed by atoms with Crippen LogP contribution in [0.3, 0.4) is 0 Å². The van der Waals surface area contributed by atoms with Crippen molar-refractivity contribution < 1.29 is 13.9 Å². The molecule has 2 rings (SSSR count). The van der Waals surface area contributed by atoms with Crippen molar-refractivity contribution >= 4 is 22.6 Å². The first kappa shape index (κ1) is 16.0. The summed E-state index contributed by atoms with van der Waals surface area (Å²) in [6, 6.07) is 10.4. The molecule has 2 aromatic rings. The van der Waals surface area contributed by atoms with Gasteiger partial charge in [0.25, 0.3) is 0 Å². The van der Waals surface area contributed by atoms with Crippen LogP contribution in [0.25, 0.3) is 0 Å². The van der Waals surface area contributed by atoms with Crippen molar-refractivity contribution in [3.63, 3.8) is 0 Å². The van der Waals surface area contributed by atoms with Gasteiger partial charge in [-0.1, -0.05) is 6.07 Å². The molecule has 0 amide bonds. The molecule has 21 heavy (non-hydrogen) atoms. The van der Waals surface area contributed by atoms with Crippen molar-refractivity contribution in [1.29, 1.82) is 0 Å². The van der Waals surface area contributed by atoms with E-state index >= 15 is 0 Å². The van der Waals surface area contributed by atoms with Gasteiger partial charge in [0.1, 0.15) is 17.3 Å². The number of rotatable bonds is 5. The molecular formula is C16H17FINO2. The Kier molecular flexibility index (Phi) is 5.41. The highest BCUT2D eigenvalue weighted by atomic mass is 127. The first-order valence-corrected chi connectivity index (χ1v) is 7.52. The molecule has 0 heterocycles. The maximum atomic E-state index is 13.3. The van der Waals surface area contributed by atoms with Crippen LogP contribution in [-0.2, 0) is 0 Å².